The number of amides is 1. The van der Waals surface area contributed by atoms with Crippen LogP contribution in [0.3, 0.4) is 0 Å². The maximum atomic E-state index is 13.5. The summed E-state index contributed by atoms with van der Waals surface area (Å²) in [6.45, 7) is 2.27. The van der Waals surface area contributed by atoms with Crippen LogP contribution in [0.15, 0.2) is 72.9 Å². The number of halogens is 1. The highest BCUT2D eigenvalue weighted by Crippen LogP contribution is 2.34. The van der Waals surface area contributed by atoms with Gasteiger partial charge in [0.05, 0.1) is 11.2 Å². The molecule has 0 aliphatic carbocycles. The molecule has 5 aromatic rings. The van der Waals surface area contributed by atoms with E-state index >= 15 is 0 Å². The Balaban J connectivity index is 1.24. The number of fused-ring (bicyclic) bond motifs is 2. The van der Waals surface area contributed by atoms with E-state index in [1.165, 1.54) is 11.3 Å². The zero-order valence-corrected chi connectivity index (χ0v) is 20.3. The molecule has 1 N–H and O–H groups in total. The first kappa shape index (κ1) is 22.7. The summed E-state index contributed by atoms with van der Waals surface area (Å²) in [7, 11) is 0. The van der Waals surface area contributed by atoms with Crippen molar-refractivity contribution in [3.63, 3.8) is 0 Å². The average molecular weight is 498 g/mol. The van der Waals surface area contributed by atoms with Crippen molar-refractivity contribution in [1.29, 1.82) is 0 Å². The van der Waals surface area contributed by atoms with Gasteiger partial charge in [-0.3, -0.25) is 9.69 Å². The fourth-order valence-corrected chi connectivity index (χ4v) is 5.47. The fourth-order valence-electron chi connectivity index (χ4n) is 4.54. The van der Waals surface area contributed by atoms with Crippen molar-refractivity contribution < 1.29 is 9.18 Å². The fraction of sp³-hybridized carbons (Fsp3) is 0.214. The molecule has 1 aliphatic heterocycles. The third-order valence-electron chi connectivity index (χ3n) is 6.46. The molecule has 6 rings (SSSR count). The lowest BCUT2D eigenvalue weighted by atomic mass is 10.1. The first-order valence-corrected chi connectivity index (χ1v) is 12.8. The van der Waals surface area contributed by atoms with Gasteiger partial charge in [0.2, 0.25) is 0 Å². The van der Waals surface area contributed by atoms with Crippen LogP contribution in [0.25, 0.3) is 31.8 Å². The molecule has 8 heteroatoms. The van der Waals surface area contributed by atoms with Crippen molar-refractivity contribution in [2.45, 2.75) is 25.6 Å². The number of benzene rings is 2. The number of alkyl halides is 1. The quantitative estimate of drug-likeness (QED) is 0.318. The summed E-state index contributed by atoms with van der Waals surface area (Å²) in [5.41, 5.74) is 4.54. The molecule has 1 saturated heterocycles. The molecule has 1 aliphatic rings. The highest BCUT2D eigenvalue weighted by molar-refractivity contribution is 7.21. The Bertz CT molecular complexity index is 1560. The third-order valence-corrected chi connectivity index (χ3v) is 7.48. The minimum atomic E-state index is -0.680. The summed E-state index contributed by atoms with van der Waals surface area (Å²) in [4.78, 5) is 30.1. The largest absolute Gasteiger partial charge is 0.320 e. The Labute approximate surface area is 211 Å². The van der Waals surface area contributed by atoms with Crippen LogP contribution in [-0.4, -0.2) is 45.0 Å². The Morgan fingerprint density at radius 1 is 1.00 bits per heavy atom. The second-order valence-electron chi connectivity index (χ2n) is 9.03. The van der Waals surface area contributed by atoms with Gasteiger partial charge in [-0.2, -0.15) is 0 Å². The van der Waals surface area contributed by atoms with Gasteiger partial charge in [-0.05, 0) is 48.7 Å². The summed E-state index contributed by atoms with van der Waals surface area (Å²) in [6, 6.07) is 21.0. The summed E-state index contributed by atoms with van der Waals surface area (Å²) in [5.74, 6) is -0.272. The van der Waals surface area contributed by atoms with E-state index in [2.05, 4.69) is 26.3 Å². The Morgan fingerprint density at radius 3 is 2.69 bits per heavy atom. The van der Waals surface area contributed by atoms with Gasteiger partial charge in [-0.25, -0.2) is 19.3 Å². The minimum absolute atomic E-state index is 0.272. The standard InChI is InChI=1S/C28H24FN5OS/c29-20-11-13-34(14-12-20)17-18-15-25-28(30-16-18)36-27(33-25)21-6-2-4-8-23(21)32-26(35)24-10-9-19-5-1-3-7-22(19)31-24/h1-10,15-16,20H,11-14,17H2,(H,32,35). The molecule has 0 spiro atoms. The smallest absolute Gasteiger partial charge is 0.274 e. The van der Waals surface area contributed by atoms with Gasteiger partial charge in [-0.1, -0.05) is 47.7 Å². The first-order valence-electron chi connectivity index (χ1n) is 12.0. The number of anilines is 1. The number of thiazole rings is 1. The van der Waals surface area contributed by atoms with E-state index in [1.54, 1.807) is 6.07 Å². The zero-order valence-electron chi connectivity index (χ0n) is 19.5. The van der Waals surface area contributed by atoms with Crippen molar-refractivity contribution in [2.24, 2.45) is 0 Å². The van der Waals surface area contributed by atoms with Crippen LogP contribution in [0, 0.1) is 0 Å². The lowest BCUT2D eigenvalue weighted by molar-refractivity contribution is 0.102. The lowest BCUT2D eigenvalue weighted by Crippen LogP contribution is -2.33. The number of likely N-dealkylation sites (tertiary alicyclic amines) is 1. The molecule has 0 radical (unpaired) electrons. The Morgan fingerprint density at radius 2 is 1.81 bits per heavy atom. The molecule has 4 heterocycles. The normalized spacial score (nSPS) is 14.9. The third kappa shape index (κ3) is 4.69. The van der Waals surface area contributed by atoms with Crippen LogP contribution in [-0.2, 0) is 6.54 Å². The maximum absolute atomic E-state index is 13.5. The molecule has 3 aromatic heterocycles. The molecule has 36 heavy (non-hydrogen) atoms. The Kier molecular flexibility index (Phi) is 6.13. The number of nitrogens with zero attached hydrogens (tertiary/aromatic N) is 4. The molecule has 0 saturated carbocycles. The molecule has 0 atom stereocenters. The Hall–Kier alpha value is -3.75. The zero-order chi connectivity index (χ0) is 24.5. The number of nitrogens with one attached hydrogen (secondary N) is 1. The van der Waals surface area contributed by atoms with Crippen molar-refractivity contribution in [2.75, 3.05) is 18.4 Å². The predicted molar refractivity (Wildman–Crippen MR) is 142 cm³/mol. The van der Waals surface area contributed by atoms with Crippen LogP contribution in [0.5, 0.6) is 0 Å². The summed E-state index contributed by atoms with van der Waals surface area (Å²) in [5, 5.41) is 4.79. The monoisotopic (exact) mass is 497 g/mol. The number of pyridine rings is 2. The van der Waals surface area contributed by atoms with Crippen molar-refractivity contribution >= 4 is 44.2 Å². The summed E-state index contributed by atoms with van der Waals surface area (Å²) >= 11 is 1.49. The van der Waals surface area contributed by atoms with Crippen molar-refractivity contribution in [3.05, 3.63) is 84.2 Å². The maximum Gasteiger partial charge on any atom is 0.274 e. The molecular weight excluding hydrogens is 473 g/mol. The number of rotatable bonds is 5. The molecule has 1 amide bonds. The van der Waals surface area contributed by atoms with E-state index < -0.39 is 6.17 Å². The molecule has 0 bridgehead atoms. The van der Waals surface area contributed by atoms with E-state index in [0.717, 1.165) is 57.0 Å². The van der Waals surface area contributed by atoms with E-state index in [0.29, 0.717) is 24.2 Å². The second-order valence-corrected chi connectivity index (χ2v) is 10.0. The van der Waals surface area contributed by atoms with E-state index in [4.69, 9.17) is 4.98 Å². The van der Waals surface area contributed by atoms with Gasteiger partial charge in [0.15, 0.2) is 0 Å². The number of para-hydroxylation sites is 2. The van der Waals surface area contributed by atoms with E-state index in [9.17, 15) is 9.18 Å². The van der Waals surface area contributed by atoms with Gasteiger partial charge in [-0.15, -0.1) is 0 Å². The minimum Gasteiger partial charge on any atom is -0.320 e. The van der Waals surface area contributed by atoms with Crippen molar-refractivity contribution in [3.8, 4) is 10.6 Å². The van der Waals surface area contributed by atoms with Gasteiger partial charge >= 0.3 is 0 Å². The van der Waals surface area contributed by atoms with Crippen LogP contribution in [0.1, 0.15) is 28.9 Å². The van der Waals surface area contributed by atoms with Crippen LogP contribution in [0.2, 0.25) is 0 Å². The van der Waals surface area contributed by atoms with Gasteiger partial charge in [0.25, 0.3) is 5.91 Å². The van der Waals surface area contributed by atoms with Gasteiger partial charge in [0, 0.05) is 36.8 Å². The van der Waals surface area contributed by atoms with E-state index in [1.807, 2.05) is 60.8 Å². The number of aromatic nitrogens is 3. The molecule has 6 nitrogen and oxygen atoms in total. The predicted octanol–water partition coefficient (Wildman–Crippen LogP) is 6.09. The van der Waals surface area contributed by atoms with Crippen LogP contribution >= 0.6 is 11.3 Å². The van der Waals surface area contributed by atoms with Crippen LogP contribution < -0.4 is 5.32 Å². The molecule has 1 fully saturated rings. The SMILES string of the molecule is O=C(Nc1ccccc1-c1nc2cc(CN3CCC(F)CC3)cnc2s1)c1ccc2ccccc2n1. The van der Waals surface area contributed by atoms with Crippen molar-refractivity contribution in [1.82, 2.24) is 19.9 Å². The molecule has 2 aromatic carbocycles. The molecule has 180 valence electrons. The number of hydrogen-bond donors (Lipinski definition) is 1. The van der Waals surface area contributed by atoms with Gasteiger partial charge in [0.1, 0.15) is 27.2 Å². The topological polar surface area (TPSA) is 71.0 Å². The van der Waals surface area contributed by atoms with Crippen LogP contribution in [0.4, 0.5) is 10.1 Å². The number of carbonyl (C=O) groups is 1. The number of hydrogen-bond acceptors (Lipinski definition) is 6. The highest BCUT2D eigenvalue weighted by atomic mass is 32.1. The lowest BCUT2D eigenvalue weighted by Gasteiger charge is -2.28. The number of carbonyl (C=O) groups excluding carboxylic acids is 1. The molecular formula is C28H24FN5OS. The molecule has 0 unspecified atom stereocenters. The summed E-state index contributed by atoms with van der Waals surface area (Å²) < 4.78 is 13.5. The second kappa shape index (κ2) is 9.72. The summed E-state index contributed by atoms with van der Waals surface area (Å²) in [6.07, 6.45) is 2.38. The van der Waals surface area contributed by atoms with Gasteiger partial charge < -0.3 is 5.32 Å². The first-order chi connectivity index (χ1) is 17.6. The highest BCUT2D eigenvalue weighted by Gasteiger charge is 2.19. The average Bonchev–Trinajstić information content (AvgIpc) is 3.33. The van der Waals surface area contributed by atoms with E-state index in [-0.39, 0.29) is 5.91 Å². The number of piperidine rings is 1.